The molecule has 6 nitrogen and oxygen atoms in total. The van der Waals surface area contributed by atoms with E-state index in [0.29, 0.717) is 35.8 Å². The first-order valence-electron chi connectivity index (χ1n) is 10.9. The monoisotopic (exact) mass is 439 g/mol. The van der Waals surface area contributed by atoms with Crippen LogP contribution in [-0.4, -0.2) is 41.4 Å². The number of para-hydroxylation sites is 1. The van der Waals surface area contributed by atoms with Gasteiger partial charge in [-0.05, 0) is 41.8 Å². The number of amides is 1. The van der Waals surface area contributed by atoms with Crippen LogP contribution in [0.1, 0.15) is 21.5 Å². The Kier molecular flexibility index (Phi) is 5.57. The Balaban J connectivity index is 1.59. The van der Waals surface area contributed by atoms with E-state index in [0.717, 1.165) is 17.7 Å². The fourth-order valence-electron chi connectivity index (χ4n) is 4.28. The fourth-order valence-corrected chi connectivity index (χ4v) is 4.28. The third kappa shape index (κ3) is 3.96. The van der Waals surface area contributed by atoms with Crippen LogP contribution in [-0.2, 0) is 13.0 Å². The van der Waals surface area contributed by atoms with Crippen LogP contribution >= 0.6 is 0 Å². The van der Waals surface area contributed by atoms with E-state index in [4.69, 9.17) is 14.6 Å². The van der Waals surface area contributed by atoms with Crippen molar-refractivity contribution >= 4 is 5.91 Å². The quantitative estimate of drug-likeness (QED) is 0.450. The van der Waals surface area contributed by atoms with Crippen LogP contribution in [0.15, 0.2) is 79.0 Å². The first-order valence-corrected chi connectivity index (χ1v) is 10.9. The molecule has 5 rings (SSSR count). The summed E-state index contributed by atoms with van der Waals surface area (Å²) < 4.78 is 12.7. The Morgan fingerprint density at radius 1 is 0.909 bits per heavy atom. The molecular weight excluding hydrogens is 414 g/mol. The summed E-state index contributed by atoms with van der Waals surface area (Å²) in [4.78, 5) is 15.7. The van der Waals surface area contributed by atoms with Crippen molar-refractivity contribution in [3.63, 3.8) is 0 Å². The van der Waals surface area contributed by atoms with Crippen molar-refractivity contribution in [1.82, 2.24) is 14.7 Å². The van der Waals surface area contributed by atoms with E-state index in [9.17, 15) is 4.79 Å². The van der Waals surface area contributed by atoms with Crippen molar-refractivity contribution in [2.45, 2.75) is 13.0 Å². The maximum atomic E-state index is 13.8. The number of hydrogen-bond acceptors (Lipinski definition) is 4. The summed E-state index contributed by atoms with van der Waals surface area (Å²) in [7, 11) is 3.22. The minimum Gasteiger partial charge on any atom is -0.497 e. The van der Waals surface area contributed by atoms with Gasteiger partial charge in [-0.15, -0.1) is 0 Å². The number of ether oxygens (including phenoxy) is 2. The molecule has 0 saturated carbocycles. The van der Waals surface area contributed by atoms with Gasteiger partial charge in [0.15, 0.2) is 0 Å². The van der Waals surface area contributed by atoms with Gasteiger partial charge in [-0.1, -0.05) is 42.5 Å². The second-order valence-electron chi connectivity index (χ2n) is 7.98. The average Bonchev–Trinajstić information content (AvgIpc) is 3.33. The van der Waals surface area contributed by atoms with Gasteiger partial charge in [0.2, 0.25) is 0 Å². The molecule has 4 aromatic rings. The van der Waals surface area contributed by atoms with Gasteiger partial charge in [0.05, 0.1) is 25.5 Å². The summed E-state index contributed by atoms with van der Waals surface area (Å²) in [6.07, 6.45) is 2.66. The third-order valence-corrected chi connectivity index (χ3v) is 6.05. The Morgan fingerprint density at radius 3 is 2.42 bits per heavy atom. The molecule has 33 heavy (non-hydrogen) atoms. The van der Waals surface area contributed by atoms with Crippen molar-refractivity contribution in [2.24, 2.45) is 0 Å². The molecule has 6 heteroatoms. The fraction of sp³-hybridized carbons (Fsp3) is 0.185. The predicted molar refractivity (Wildman–Crippen MR) is 127 cm³/mol. The van der Waals surface area contributed by atoms with E-state index in [1.165, 1.54) is 11.1 Å². The van der Waals surface area contributed by atoms with Gasteiger partial charge in [0, 0.05) is 30.9 Å². The maximum absolute atomic E-state index is 13.8. The zero-order valence-corrected chi connectivity index (χ0v) is 18.7. The molecule has 0 radical (unpaired) electrons. The number of rotatable bonds is 5. The van der Waals surface area contributed by atoms with Crippen molar-refractivity contribution < 1.29 is 14.3 Å². The molecule has 0 atom stereocenters. The summed E-state index contributed by atoms with van der Waals surface area (Å²) in [5.41, 5.74) is 5.25. The largest absolute Gasteiger partial charge is 0.497 e. The van der Waals surface area contributed by atoms with Crippen molar-refractivity contribution in [3.8, 4) is 28.4 Å². The van der Waals surface area contributed by atoms with Gasteiger partial charge < -0.3 is 14.4 Å². The number of carbonyl (C=O) groups excluding carboxylic acids is 1. The molecular formula is C27H25N3O3. The Morgan fingerprint density at radius 2 is 1.67 bits per heavy atom. The highest BCUT2D eigenvalue weighted by Gasteiger charge is 2.27. The molecule has 1 aliphatic heterocycles. The Bertz CT molecular complexity index is 1300. The summed E-state index contributed by atoms with van der Waals surface area (Å²) in [6, 6.07) is 23.6. The number of carbonyl (C=O) groups is 1. The predicted octanol–water partition coefficient (Wildman–Crippen LogP) is 4.76. The number of aromatic nitrogens is 2. The standard InChI is InChI=1S/C27H25N3O3/c1-32-22-12-13-23(25(16-22)33-2)26-24(18-30(28-26)21-10-4-3-5-11-21)27(31)29-15-14-19-8-6-7-9-20(19)17-29/h3-13,16,18H,14-15,17H2,1-2H3. The first-order chi connectivity index (χ1) is 16.2. The summed E-state index contributed by atoms with van der Waals surface area (Å²) >= 11 is 0. The lowest BCUT2D eigenvalue weighted by Crippen LogP contribution is -2.36. The number of hydrogen-bond donors (Lipinski definition) is 0. The summed E-state index contributed by atoms with van der Waals surface area (Å²) in [6.45, 7) is 1.26. The van der Waals surface area contributed by atoms with E-state index in [1.54, 1.807) is 18.9 Å². The highest BCUT2D eigenvalue weighted by Crippen LogP contribution is 2.35. The lowest BCUT2D eigenvalue weighted by Gasteiger charge is -2.28. The van der Waals surface area contributed by atoms with Crippen LogP contribution in [0.3, 0.4) is 0 Å². The van der Waals surface area contributed by atoms with Gasteiger partial charge in [-0.3, -0.25) is 4.79 Å². The molecule has 0 fully saturated rings. The van der Waals surface area contributed by atoms with Gasteiger partial charge in [-0.25, -0.2) is 4.68 Å². The van der Waals surface area contributed by atoms with E-state index < -0.39 is 0 Å². The second kappa shape index (κ2) is 8.82. The smallest absolute Gasteiger partial charge is 0.258 e. The SMILES string of the molecule is COc1ccc(-c2nn(-c3ccccc3)cc2C(=O)N2CCc3ccccc3C2)c(OC)c1. The van der Waals surface area contributed by atoms with Crippen LogP contribution in [0.4, 0.5) is 0 Å². The number of methoxy groups -OCH3 is 2. The minimum absolute atomic E-state index is 0.0421. The summed E-state index contributed by atoms with van der Waals surface area (Å²) in [5, 5.41) is 4.82. The second-order valence-corrected chi connectivity index (χ2v) is 7.98. The first kappa shape index (κ1) is 20.8. The Labute approximate surface area is 193 Å². The minimum atomic E-state index is -0.0421. The van der Waals surface area contributed by atoms with Gasteiger partial charge in [0.25, 0.3) is 5.91 Å². The maximum Gasteiger partial charge on any atom is 0.258 e. The van der Waals surface area contributed by atoms with Crippen LogP contribution in [0, 0.1) is 0 Å². The Hall–Kier alpha value is -4.06. The van der Waals surface area contributed by atoms with Crippen LogP contribution in [0.2, 0.25) is 0 Å². The molecule has 0 N–H and O–H groups in total. The average molecular weight is 440 g/mol. The lowest BCUT2D eigenvalue weighted by atomic mass is 9.99. The van der Waals surface area contributed by atoms with E-state index in [1.807, 2.05) is 71.8 Å². The molecule has 0 aliphatic carbocycles. The van der Waals surface area contributed by atoms with Gasteiger partial charge in [-0.2, -0.15) is 5.10 Å². The van der Waals surface area contributed by atoms with Crippen molar-refractivity contribution in [3.05, 3.63) is 95.7 Å². The van der Waals surface area contributed by atoms with Crippen molar-refractivity contribution in [2.75, 3.05) is 20.8 Å². The molecule has 1 aliphatic rings. The molecule has 0 spiro atoms. The van der Waals surface area contributed by atoms with Gasteiger partial charge >= 0.3 is 0 Å². The zero-order valence-electron chi connectivity index (χ0n) is 18.7. The summed E-state index contributed by atoms with van der Waals surface area (Å²) in [5.74, 6) is 1.24. The highest BCUT2D eigenvalue weighted by atomic mass is 16.5. The number of nitrogens with zero attached hydrogens (tertiary/aromatic N) is 3. The lowest BCUT2D eigenvalue weighted by molar-refractivity contribution is 0.0735. The topological polar surface area (TPSA) is 56.6 Å². The molecule has 1 aromatic heterocycles. The van der Waals surface area contributed by atoms with Crippen LogP contribution in [0.5, 0.6) is 11.5 Å². The highest BCUT2D eigenvalue weighted by molar-refractivity contribution is 6.00. The molecule has 0 saturated heterocycles. The molecule has 2 heterocycles. The van der Waals surface area contributed by atoms with Crippen LogP contribution in [0.25, 0.3) is 16.9 Å². The molecule has 0 bridgehead atoms. The zero-order chi connectivity index (χ0) is 22.8. The van der Waals surface area contributed by atoms with Crippen molar-refractivity contribution in [1.29, 1.82) is 0 Å². The number of fused-ring (bicyclic) bond motifs is 1. The van der Waals surface area contributed by atoms with Gasteiger partial charge in [0.1, 0.15) is 17.2 Å². The molecule has 0 unspecified atom stereocenters. The van der Waals surface area contributed by atoms with Crippen LogP contribution < -0.4 is 9.47 Å². The normalized spacial score (nSPS) is 12.8. The number of benzene rings is 3. The van der Waals surface area contributed by atoms with E-state index in [-0.39, 0.29) is 5.91 Å². The third-order valence-electron chi connectivity index (χ3n) is 6.05. The molecule has 166 valence electrons. The van der Waals surface area contributed by atoms with E-state index >= 15 is 0 Å². The molecule has 3 aromatic carbocycles. The van der Waals surface area contributed by atoms with E-state index in [2.05, 4.69) is 12.1 Å². The molecule has 1 amide bonds.